The second-order valence-electron chi connectivity index (χ2n) is 20.2. The van der Waals surface area contributed by atoms with Crippen LogP contribution in [-0.4, -0.2) is 11.9 Å². The van der Waals surface area contributed by atoms with Crippen LogP contribution in [-0.2, 0) is 62.4 Å². The molecule has 7 rings (SSSR count). The molecule has 0 aliphatic rings. The summed E-state index contributed by atoms with van der Waals surface area (Å²) in [6, 6.07) is 11.5. The molecule has 0 spiro atoms. The minimum atomic E-state index is -6.13. The van der Waals surface area contributed by atoms with Gasteiger partial charge in [0.05, 0.1) is 44.5 Å². The van der Waals surface area contributed by atoms with Gasteiger partial charge in [0.25, 0.3) is 0 Å². The molecule has 7 aromatic rings. The molecule has 0 aliphatic carbocycles. The maximum Gasteiger partial charge on any atom is 0.416 e. The summed E-state index contributed by atoms with van der Waals surface area (Å²) < 4.78 is 343. The number of halogens is 24. The van der Waals surface area contributed by atoms with E-state index in [1.54, 1.807) is 0 Å². The third kappa shape index (κ3) is 16.6. The summed E-state index contributed by atoms with van der Waals surface area (Å²) in [6.45, 7) is 2.67. The molecule has 0 bridgehead atoms. The molecule has 0 aliphatic heterocycles. The van der Waals surface area contributed by atoms with Crippen LogP contribution in [0.4, 0.5) is 105 Å². The van der Waals surface area contributed by atoms with Crippen molar-refractivity contribution in [2.75, 3.05) is 0 Å². The Hall–Kier alpha value is -7.22. The Labute approximate surface area is 474 Å². The topological polar surface area (TPSA) is 20.9 Å². The lowest BCUT2D eigenvalue weighted by Gasteiger charge is -2.46. The molecule has 86 heavy (non-hydrogen) atoms. The number of rotatable bonds is 16. The summed E-state index contributed by atoms with van der Waals surface area (Å²) in [5.74, 6) is 0.169. The van der Waals surface area contributed by atoms with Crippen LogP contribution in [0.5, 0.6) is 0 Å². The highest BCUT2D eigenvalue weighted by atomic mass is 19.4. The summed E-state index contributed by atoms with van der Waals surface area (Å²) in [7, 11) is 0. The SMILES string of the molecule is CCCCCCCCCCc1c2ccccc2cc[n+]1CC(=O)c1ccccc1.FC(F)(F)c1cc([B-](c2cc(C(F)(F)F)cc(C(F)(F)F)c2)(c2cc(C(F)(F)F)cc(C(F)(F)F)c2)c2cc(C(F)(F)F)cc(C(F)(F)F)c2)cc(C(F)(F)F)c1. The van der Waals surface area contributed by atoms with Gasteiger partial charge in [-0.25, -0.2) is 0 Å². The molecule has 1 aromatic heterocycles. The summed E-state index contributed by atoms with van der Waals surface area (Å²) in [6.07, 6.45) is -41.2. The summed E-state index contributed by atoms with van der Waals surface area (Å²) >= 11 is 0. The number of fused-ring (bicyclic) bond motifs is 1. The van der Waals surface area contributed by atoms with Crippen molar-refractivity contribution < 1.29 is 115 Å². The maximum atomic E-state index is 14.2. The first kappa shape index (κ1) is 67.9. The molecule has 464 valence electrons. The Bertz CT molecular complexity index is 3040. The number of hydrogen-bond acceptors (Lipinski definition) is 1. The largest absolute Gasteiger partial charge is 0.416 e. The van der Waals surface area contributed by atoms with Gasteiger partial charge in [0.2, 0.25) is 12.3 Å². The van der Waals surface area contributed by atoms with Crippen LogP contribution in [0, 0.1) is 0 Å². The molecular formula is C59H46BF24NO. The summed E-state index contributed by atoms with van der Waals surface area (Å²) in [4.78, 5) is 12.8. The Morgan fingerprint density at radius 1 is 0.360 bits per heavy atom. The van der Waals surface area contributed by atoms with Gasteiger partial charge in [-0.05, 0) is 42.1 Å². The highest BCUT2D eigenvalue weighted by Gasteiger charge is 2.47. The number of aromatic nitrogens is 1. The molecule has 0 fully saturated rings. The zero-order chi connectivity index (χ0) is 64.2. The minimum Gasteiger partial charge on any atom is -0.287 e. The van der Waals surface area contributed by atoms with E-state index in [1.165, 1.54) is 67.8 Å². The quantitative estimate of drug-likeness (QED) is 0.0311. The molecule has 0 radical (unpaired) electrons. The predicted octanol–water partition coefficient (Wildman–Crippen LogP) is 17.9. The van der Waals surface area contributed by atoms with Crippen LogP contribution in [0.15, 0.2) is 140 Å². The first-order valence-electron chi connectivity index (χ1n) is 25.9. The van der Waals surface area contributed by atoms with Gasteiger partial charge in [-0.2, -0.15) is 132 Å². The Balaban J connectivity index is 0.000000340. The average molecular weight is 1250 g/mol. The van der Waals surface area contributed by atoms with E-state index in [1.807, 2.05) is 30.3 Å². The lowest BCUT2D eigenvalue weighted by molar-refractivity contribution is -0.689. The molecule has 2 nitrogen and oxygen atoms in total. The maximum absolute atomic E-state index is 14.2. The zero-order valence-electron chi connectivity index (χ0n) is 44.4. The number of hydrogen-bond donors (Lipinski definition) is 0. The predicted molar refractivity (Wildman–Crippen MR) is 271 cm³/mol. The van der Waals surface area contributed by atoms with Gasteiger partial charge in [-0.15, -0.1) is 0 Å². The molecular weight excluding hydrogens is 1210 g/mol. The number of carbonyl (C=O) groups excluding carboxylic acids is 1. The van der Waals surface area contributed by atoms with Gasteiger partial charge in [0, 0.05) is 23.4 Å². The van der Waals surface area contributed by atoms with Gasteiger partial charge in [0.1, 0.15) is 6.15 Å². The van der Waals surface area contributed by atoms with Crippen molar-refractivity contribution in [1.82, 2.24) is 0 Å². The Kier molecular flexibility index (Phi) is 20.2. The summed E-state index contributed by atoms with van der Waals surface area (Å²) in [5, 5.41) is 2.53. The Morgan fingerprint density at radius 3 is 0.965 bits per heavy atom. The van der Waals surface area contributed by atoms with Crippen LogP contribution in [0.1, 0.15) is 119 Å². The molecule has 1 heterocycles. The first-order valence-corrected chi connectivity index (χ1v) is 25.9. The van der Waals surface area contributed by atoms with Crippen LogP contribution in [0.3, 0.4) is 0 Å². The molecule has 0 saturated carbocycles. The number of carbonyl (C=O) groups is 1. The van der Waals surface area contributed by atoms with Crippen molar-refractivity contribution in [2.45, 2.75) is 121 Å². The van der Waals surface area contributed by atoms with Gasteiger partial charge >= 0.3 is 49.4 Å². The molecule has 0 atom stereocenters. The van der Waals surface area contributed by atoms with Crippen LogP contribution in [0.25, 0.3) is 10.8 Å². The second-order valence-corrected chi connectivity index (χ2v) is 20.2. The number of benzene rings is 6. The normalized spacial score (nSPS) is 13.2. The lowest BCUT2D eigenvalue weighted by Crippen LogP contribution is -2.75. The highest BCUT2D eigenvalue weighted by Crippen LogP contribution is 2.42. The number of ketones is 1. The first-order chi connectivity index (χ1) is 39.6. The van der Waals surface area contributed by atoms with E-state index in [0.29, 0.717) is 6.54 Å². The smallest absolute Gasteiger partial charge is 0.287 e. The standard InChI is InChI=1S/C32H12BF24.C27H34NO/c34-25(35,36)13-1-14(26(37,38)39)6-21(5-13)33(22-7-15(27(40,41)42)2-16(8-22)28(43,44)45,23-9-17(29(46,47)48)3-18(10-23)30(49,50)51)24-11-19(31(52,53)54)4-20(12-24)32(55,56)57;1-2-3-4-5-6-7-8-12-19-26-25-18-14-13-15-23(25)20-21-28(26)22-27(29)24-16-10-9-11-17-24/h1-12H;9-11,13-18,20-21H,2-8,12,19,22H2,1H3/q-1;+1. The van der Waals surface area contributed by atoms with Gasteiger partial charge in [-0.3, -0.25) is 4.79 Å². The monoisotopic (exact) mass is 1250 g/mol. The van der Waals surface area contributed by atoms with E-state index >= 15 is 0 Å². The van der Waals surface area contributed by atoms with E-state index in [0.717, 1.165) is 12.0 Å². The molecule has 0 N–H and O–H groups in total. The Morgan fingerprint density at radius 2 is 0.651 bits per heavy atom. The molecule has 0 unspecified atom stereocenters. The fraction of sp³-hybridized carbons (Fsp3) is 0.322. The van der Waals surface area contributed by atoms with E-state index in [9.17, 15) is 110 Å². The van der Waals surface area contributed by atoms with E-state index in [-0.39, 0.29) is 5.78 Å². The lowest BCUT2D eigenvalue weighted by atomic mass is 9.12. The van der Waals surface area contributed by atoms with Crippen molar-refractivity contribution in [3.63, 3.8) is 0 Å². The highest BCUT2D eigenvalue weighted by molar-refractivity contribution is 7.20. The van der Waals surface area contributed by atoms with Gasteiger partial charge < -0.3 is 0 Å². The van der Waals surface area contributed by atoms with Crippen molar-refractivity contribution in [1.29, 1.82) is 0 Å². The number of unbranched alkanes of at least 4 members (excludes halogenated alkanes) is 7. The van der Waals surface area contributed by atoms with Crippen molar-refractivity contribution >= 4 is 44.6 Å². The molecule has 0 amide bonds. The molecule has 0 saturated heterocycles. The van der Waals surface area contributed by atoms with E-state index in [4.69, 9.17) is 0 Å². The number of alkyl halides is 24. The fourth-order valence-corrected chi connectivity index (χ4v) is 10.1. The van der Waals surface area contributed by atoms with Crippen LogP contribution in [0.2, 0.25) is 0 Å². The number of aryl methyl sites for hydroxylation is 1. The second kappa shape index (κ2) is 25.6. The third-order valence-electron chi connectivity index (χ3n) is 14.2. The number of nitrogens with zero attached hydrogens (tertiary/aromatic N) is 1. The summed E-state index contributed by atoms with van der Waals surface area (Å²) in [5.41, 5.74) is -28.1. The van der Waals surface area contributed by atoms with Gasteiger partial charge in [0.15, 0.2) is 11.9 Å². The fourth-order valence-electron chi connectivity index (χ4n) is 10.1. The van der Waals surface area contributed by atoms with Crippen molar-refractivity contribution in [2.24, 2.45) is 0 Å². The molecule has 27 heteroatoms. The average Bonchev–Trinajstić information content (AvgIpc) is 0.715. The van der Waals surface area contributed by atoms with Gasteiger partial charge in [-0.1, -0.05) is 149 Å². The van der Waals surface area contributed by atoms with Crippen LogP contribution < -0.4 is 26.4 Å². The van der Waals surface area contributed by atoms with E-state index < -0.39 is 195 Å². The number of Topliss-reactive ketones (excluding diaryl/α,β-unsaturated/α-hetero) is 1. The van der Waals surface area contributed by atoms with Crippen molar-refractivity contribution in [3.05, 3.63) is 195 Å². The van der Waals surface area contributed by atoms with Crippen molar-refractivity contribution in [3.8, 4) is 0 Å². The third-order valence-corrected chi connectivity index (χ3v) is 14.2. The number of pyridine rings is 1. The van der Waals surface area contributed by atoms with E-state index in [2.05, 4.69) is 48.0 Å². The molecule has 6 aromatic carbocycles. The minimum absolute atomic E-state index is 0.169. The van der Waals surface area contributed by atoms with Crippen LogP contribution >= 0.6 is 0 Å². The zero-order valence-corrected chi connectivity index (χ0v) is 44.4.